The second kappa shape index (κ2) is 2.98. The highest BCUT2D eigenvalue weighted by Gasteiger charge is 2.00. The van der Waals surface area contributed by atoms with Crippen molar-refractivity contribution in [2.75, 3.05) is 0 Å². The van der Waals surface area contributed by atoms with Crippen LogP contribution in [0, 0.1) is 6.92 Å². The fourth-order valence-electron chi connectivity index (χ4n) is 0.927. The molecular formula is C8H7N3S. The number of thiazole rings is 1. The highest BCUT2D eigenvalue weighted by molar-refractivity contribution is 7.09. The van der Waals surface area contributed by atoms with Crippen molar-refractivity contribution in [3.63, 3.8) is 0 Å². The minimum atomic E-state index is 0.957. The second-order valence-electron chi connectivity index (χ2n) is 2.38. The summed E-state index contributed by atoms with van der Waals surface area (Å²) in [5.74, 6) is 0. The average molecular weight is 177 g/mol. The van der Waals surface area contributed by atoms with Crippen molar-refractivity contribution >= 4 is 11.3 Å². The zero-order valence-corrected chi connectivity index (χ0v) is 7.38. The topological polar surface area (TPSA) is 38.7 Å². The first-order valence-corrected chi connectivity index (χ1v) is 4.42. The van der Waals surface area contributed by atoms with Gasteiger partial charge in [0, 0.05) is 23.3 Å². The van der Waals surface area contributed by atoms with Gasteiger partial charge >= 0.3 is 0 Å². The van der Waals surface area contributed by atoms with Crippen molar-refractivity contribution in [3.05, 3.63) is 29.1 Å². The van der Waals surface area contributed by atoms with Gasteiger partial charge in [0.1, 0.15) is 6.33 Å². The van der Waals surface area contributed by atoms with Gasteiger partial charge in [0.2, 0.25) is 0 Å². The first-order chi connectivity index (χ1) is 5.86. The van der Waals surface area contributed by atoms with E-state index in [4.69, 9.17) is 0 Å². The van der Waals surface area contributed by atoms with E-state index in [-0.39, 0.29) is 0 Å². The van der Waals surface area contributed by atoms with E-state index in [0.29, 0.717) is 0 Å². The standard InChI is InChI=1S/C8H7N3S/c1-6-11-8(4-12-6)7-2-9-5-10-3-7/h2-5H,1H3. The van der Waals surface area contributed by atoms with E-state index in [1.807, 2.05) is 12.3 Å². The Balaban J connectivity index is 2.45. The van der Waals surface area contributed by atoms with Crippen LogP contribution >= 0.6 is 11.3 Å². The van der Waals surface area contributed by atoms with E-state index >= 15 is 0 Å². The maximum Gasteiger partial charge on any atom is 0.115 e. The Morgan fingerprint density at radius 2 is 2.00 bits per heavy atom. The number of hydrogen-bond donors (Lipinski definition) is 0. The summed E-state index contributed by atoms with van der Waals surface area (Å²) >= 11 is 1.63. The lowest BCUT2D eigenvalue weighted by Crippen LogP contribution is -1.81. The van der Waals surface area contributed by atoms with Crippen molar-refractivity contribution in [3.8, 4) is 11.3 Å². The van der Waals surface area contributed by atoms with E-state index in [9.17, 15) is 0 Å². The molecule has 2 heterocycles. The van der Waals surface area contributed by atoms with E-state index in [1.54, 1.807) is 23.7 Å². The van der Waals surface area contributed by atoms with Crippen LogP contribution < -0.4 is 0 Å². The van der Waals surface area contributed by atoms with Gasteiger partial charge in [-0.05, 0) is 6.92 Å². The van der Waals surface area contributed by atoms with Crippen LogP contribution in [0.5, 0.6) is 0 Å². The molecule has 0 saturated carbocycles. The van der Waals surface area contributed by atoms with E-state index in [1.165, 1.54) is 6.33 Å². The quantitative estimate of drug-likeness (QED) is 0.667. The van der Waals surface area contributed by atoms with Crippen LogP contribution in [-0.4, -0.2) is 15.0 Å². The largest absolute Gasteiger partial charge is 0.244 e. The number of hydrogen-bond acceptors (Lipinski definition) is 4. The molecule has 60 valence electrons. The highest BCUT2D eigenvalue weighted by Crippen LogP contribution is 2.18. The van der Waals surface area contributed by atoms with Crippen LogP contribution in [0.2, 0.25) is 0 Å². The van der Waals surface area contributed by atoms with Gasteiger partial charge in [0.15, 0.2) is 0 Å². The van der Waals surface area contributed by atoms with Crippen molar-refractivity contribution in [2.45, 2.75) is 6.92 Å². The Kier molecular flexibility index (Phi) is 1.83. The average Bonchev–Trinajstić information content (AvgIpc) is 2.54. The molecule has 2 aromatic rings. The number of aromatic nitrogens is 3. The molecule has 0 aliphatic carbocycles. The zero-order chi connectivity index (χ0) is 8.39. The molecule has 12 heavy (non-hydrogen) atoms. The molecular weight excluding hydrogens is 170 g/mol. The van der Waals surface area contributed by atoms with Crippen molar-refractivity contribution in [2.24, 2.45) is 0 Å². The van der Waals surface area contributed by atoms with Gasteiger partial charge < -0.3 is 0 Å². The molecule has 0 radical (unpaired) electrons. The van der Waals surface area contributed by atoms with Crippen LogP contribution in [0.4, 0.5) is 0 Å². The summed E-state index contributed by atoms with van der Waals surface area (Å²) < 4.78 is 0. The summed E-state index contributed by atoms with van der Waals surface area (Å²) in [4.78, 5) is 12.2. The summed E-state index contributed by atoms with van der Waals surface area (Å²) in [5.41, 5.74) is 1.93. The number of aryl methyl sites for hydroxylation is 1. The summed E-state index contributed by atoms with van der Waals surface area (Å²) in [6, 6.07) is 0. The normalized spacial score (nSPS) is 10.1. The molecule has 2 aromatic heterocycles. The second-order valence-corrected chi connectivity index (χ2v) is 3.44. The smallest absolute Gasteiger partial charge is 0.115 e. The molecule has 4 heteroatoms. The molecule has 0 spiro atoms. The Labute approximate surface area is 74.2 Å². The Bertz CT molecular complexity index is 369. The fraction of sp³-hybridized carbons (Fsp3) is 0.125. The highest BCUT2D eigenvalue weighted by atomic mass is 32.1. The molecule has 3 nitrogen and oxygen atoms in total. The van der Waals surface area contributed by atoms with E-state index in [0.717, 1.165) is 16.3 Å². The number of nitrogens with zero attached hydrogens (tertiary/aromatic N) is 3. The van der Waals surface area contributed by atoms with Gasteiger partial charge in [0.25, 0.3) is 0 Å². The lowest BCUT2D eigenvalue weighted by atomic mass is 10.3. The van der Waals surface area contributed by atoms with Gasteiger partial charge in [-0.1, -0.05) is 0 Å². The lowest BCUT2D eigenvalue weighted by molar-refractivity contribution is 1.16. The summed E-state index contributed by atoms with van der Waals surface area (Å²) in [5, 5.41) is 3.07. The first-order valence-electron chi connectivity index (χ1n) is 3.54. The first kappa shape index (κ1) is 7.36. The van der Waals surface area contributed by atoms with Crippen LogP contribution in [0.15, 0.2) is 24.1 Å². The molecule has 0 N–H and O–H groups in total. The maximum absolute atomic E-state index is 4.32. The van der Waals surface area contributed by atoms with Gasteiger partial charge in [-0.15, -0.1) is 11.3 Å². The van der Waals surface area contributed by atoms with E-state index < -0.39 is 0 Å². The molecule has 0 amide bonds. The van der Waals surface area contributed by atoms with Crippen LogP contribution in [0.25, 0.3) is 11.3 Å². The maximum atomic E-state index is 4.32. The molecule has 0 atom stereocenters. The minimum Gasteiger partial charge on any atom is -0.244 e. The van der Waals surface area contributed by atoms with Crippen LogP contribution in [0.3, 0.4) is 0 Å². The SMILES string of the molecule is Cc1nc(-c2cncnc2)cs1. The summed E-state index contributed by atoms with van der Waals surface area (Å²) in [6.45, 7) is 1.98. The minimum absolute atomic E-state index is 0.957. The third-order valence-electron chi connectivity index (χ3n) is 1.48. The van der Waals surface area contributed by atoms with Gasteiger partial charge in [-0.3, -0.25) is 0 Å². The molecule has 0 unspecified atom stereocenters. The summed E-state index contributed by atoms with van der Waals surface area (Å²) in [6.07, 6.45) is 5.05. The lowest BCUT2D eigenvalue weighted by Gasteiger charge is -1.91. The Morgan fingerprint density at radius 3 is 2.58 bits per heavy atom. The van der Waals surface area contributed by atoms with Gasteiger partial charge in [0.05, 0.1) is 10.7 Å². The molecule has 0 aromatic carbocycles. The van der Waals surface area contributed by atoms with Crippen molar-refractivity contribution in [1.29, 1.82) is 0 Å². The van der Waals surface area contributed by atoms with Crippen molar-refractivity contribution in [1.82, 2.24) is 15.0 Å². The monoisotopic (exact) mass is 177 g/mol. The van der Waals surface area contributed by atoms with Crippen LogP contribution in [-0.2, 0) is 0 Å². The molecule has 0 fully saturated rings. The molecule has 0 bridgehead atoms. The molecule has 0 aliphatic heterocycles. The predicted molar refractivity (Wildman–Crippen MR) is 47.9 cm³/mol. The number of rotatable bonds is 1. The summed E-state index contributed by atoms with van der Waals surface area (Å²) in [7, 11) is 0. The molecule has 0 saturated heterocycles. The van der Waals surface area contributed by atoms with Crippen LogP contribution in [0.1, 0.15) is 5.01 Å². The predicted octanol–water partition coefficient (Wildman–Crippen LogP) is 1.91. The van der Waals surface area contributed by atoms with E-state index in [2.05, 4.69) is 15.0 Å². The third-order valence-corrected chi connectivity index (χ3v) is 2.25. The molecule has 2 rings (SSSR count). The van der Waals surface area contributed by atoms with Gasteiger partial charge in [-0.25, -0.2) is 15.0 Å². The van der Waals surface area contributed by atoms with Gasteiger partial charge in [-0.2, -0.15) is 0 Å². The Morgan fingerprint density at radius 1 is 1.25 bits per heavy atom. The third kappa shape index (κ3) is 1.33. The fourth-order valence-corrected chi connectivity index (χ4v) is 1.55. The Hall–Kier alpha value is -1.29. The molecule has 0 aliphatic rings. The van der Waals surface area contributed by atoms with Crippen molar-refractivity contribution < 1.29 is 0 Å². The zero-order valence-electron chi connectivity index (χ0n) is 6.56.